The van der Waals surface area contributed by atoms with E-state index in [2.05, 4.69) is 125 Å². The first-order valence-electron chi connectivity index (χ1n) is 15.2. The average molecular weight is 770 g/mol. The predicted molar refractivity (Wildman–Crippen MR) is 201 cm³/mol. The van der Waals surface area contributed by atoms with Crippen molar-refractivity contribution in [3.8, 4) is 0 Å². The molecule has 0 bridgehead atoms. The predicted octanol–water partition coefficient (Wildman–Crippen LogP) is 8.81. The van der Waals surface area contributed by atoms with Crippen LogP contribution in [0.5, 0.6) is 0 Å². The molecule has 0 fully saturated rings. The molecule has 19 heteroatoms. The summed E-state index contributed by atoms with van der Waals surface area (Å²) >= 11 is 0. The monoisotopic (exact) mass is 768 g/mol. The highest BCUT2D eigenvalue weighted by Gasteiger charge is 2.62. The molecule has 0 aliphatic carbocycles. The van der Waals surface area contributed by atoms with Crippen LogP contribution in [0.4, 0.5) is 0 Å². The molecule has 0 atom stereocenters. The zero-order valence-corrected chi connectivity index (χ0v) is 41.4. The molecule has 0 radical (unpaired) electrons. The highest BCUT2D eigenvalue weighted by atomic mass is 28.6. The molecular weight excluding hydrogens is 701 g/mol. The fourth-order valence-corrected chi connectivity index (χ4v) is 46.4. The molecule has 0 amide bonds. The van der Waals surface area contributed by atoms with Gasteiger partial charge in [-0.25, -0.2) is 0 Å². The third-order valence-electron chi connectivity index (χ3n) is 4.41. The van der Waals surface area contributed by atoms with Gasteiger partial charge in [0.15, 0.2) is 49.9 Å². The van der Waals surface area contributed by atoms with Crippen LogP contribution in [0.15, 0.2) is 0 Å². The lowest BCUT2D eigenvalue weighted by molar-refractivity contribution is 0.121. The first-order chi connectivity index (χ1) is 17.9. The second-order valence-electron chi connectivity index (χ2n) is 17.2. The molecule has 0 unspecified atom stereocenters. The van der Waals surface area contributed by atoms with Crippen LogP contribution in [0, 0.1) is 0 Å². The largest absolute Gasteiger partial charge is 0.478 e. The van der Waals surface area contributed by atoms with E-state index in [1.54, 1.807) is 0 Å². The van der Waals surface area contributed by atoms with E-state index in [1.165, 1.54) is 0 Å². The summed E-state index contributed by atoms with van der Waals surface area (Å²) in [7, 11) is -26.3. The summed E-state index contributed by atoms with van der Waals surface area (Å²) in [4.78, 5) is 0. The van der Waals surface area contributed by atoms with Gasteiger partial charge < -0.3 is 37.0 Å². The van der Waals surface area contributed by atoms with Gasteiger partial charge in [-0.15, -0.1) is 0 Å². The zero-order chi connectivity index (χ0) is 34.1. The van der Waals surface area contributed by atoms with Crippen molar-refractivity contribution in [2.45, 2.75) is 150 Å². The number of rotatable bonds is 19. The maximum absolute atomic E-state index is 7.25. The third kappa shape index (κ3) is 20.1. The van der Waals surface area contributed by atoms with E-state index in [0.717, 1.165) is 0 Å². The van der Waals surface area contributed by atoms with Crippen molar-refractivity contribution in [1.82, 2.24) is 0 Å². The lowest BCUT2D eigenvalue weighted by Crippen LogP contribution is -2.71. The van der Waals surface area contributed by atoms with E-state index in [-0.39, 0.29) is 0 Å². The molecule has 0 rings (SSSR count). The minimum atomic E-state index is -3.71. The van der Waals surface area contributed by atoms with Gasteiger partial charge in [0.05, 0.1) is 0 Å². The first kappa shape index (κ1) is 43.8. The van der Waals surface area contributed by atoms with Crippen molar-refractivity contribution < 1.29 is 37.0 Å². The van der Waals surface area contributed by atoms with Crippen LogP contribution in [-0.4, -0.2) is 85.1 Å². The summed E-state index contributed by atoms with van der Waals surface area (Å²) in [5.41, 5.74) is 0. The Hall–Kier alpha value is 1.81. The molecule has 0 aromatic heterocycles. The molecule has 254 valence electrons. The Labute approximate surface area is 271 Å². The molecular formula is C23H68O9Si10. The standard InChI is InChI=1S/C23H68O9Si10/c1-23-42(30-39(20,24-33(2,3)4)25-34(5,6)7,31-40(21,26-35(8,9)10)27-36(11,12)13)32-41(22,28-37(14,15)16)29-38(17,18)19/h23H2,1-22H3. The number of hydrogen-bond donors (Lipinski definition) is 0. The Kier molecular flexibility index (Phi) is 15.1. The lowest BCUT2D eigenvalue weighted by atomic mass is 11.0. The van der Waals surface area contributed by atoms with Gasteiger partial charge in [0, 0.05) is 25.7 Å². The minimum Gasteiger partial charge on any atom is -0.417 e. The van der Waals surface area contributed by atoms with Gasteiger partial charge in [0.25, 0.3) is 0 Å². The van der Waals surface area contributed by atoms with Crippen molar-refractivity contribution in [1.29, 1.82) is 0 Å². The SMILES string of the molecule is CC[Si](O[Si](C)(O[Si](C)(C)C)O[Si](C)(C)C)(O[Si](C)(O[Si](C)(C)C)O[Si](C)(C)C)O[Si](C)(O[Si](C)(C)C)O[Si](C)(C)C. The second-order valence-corrected chi connectivity index (χ2v) is 57.2. The van der Waals surface area contributed by atoms with E-state index >= 15 is 0 Å². The Morgan fingerprint density at radius 1 is 0.262 bits per heavy atom. The molecule has 0 aromatic rings. The van der Waals surface area contributed by atoms with Gasteiger partial charge in [-0.1, -0.05) is 6.92 Å². The summed E-state index contributed by atoms with van der Waals surface area (Å²) in [6.07, 6.45) is 0. The van der Waals surface area contributed by atoms with E-state index in [1.807, 2.05) is 19.6 Å². The summed E-state index contributed by atoms with van der Waals surface area (Å²) in [6.45, 7) is 47.0. The van der Waals surface area contributed by atoms with Crippen molar-refractivity contribution >= 4 is 85.1 Å². The topological polar surface area (TPSA) is 83.1 Å². The highest BCUT2D eigenvalue weighted by molar-refractivity contribution is 6.95. The lowest BCUT2D eigenvalue weighted by Gasteiger charge is -2.48. The van der Waals surface area contributed by atoms with Crippen molar-refractivity contribution in [2.75, 3.05) is 0 Å². The Morgan fingerprint density at radius 3 is 0.500 bits per heavy atom. The normalized spacial score (nSPS) is 15.9. The fourth-order valence-electron chi connectivity index (χ4n) is 4.65. The molecule has 0 aliphatic heterocycles. The molecule has 0 saturated carbocycles. The Balaban J connectivity index is 7.46. The summed E-state index contributed by atoms with van der Waals surface area (Å²) in [5.74, 6) is 0. The van der Waals surface area contributed by atoms with Crippen LogP contribution in [0.25, 0.3) is 0 Å². The summed E-state index contributed by atoms with van der Waals surface area (Å²) in [6, 6.07) is 0.471. The molecule has 0 N–H and O–H groups in total. The minimum absolute atomic E-state index is 0.471. The summed E-state index contributed by atoms with van der Waals surface area (Å²) < 4.78 is 62.8. The van der Waals surface area contributed by atoms with Gasteiger partial charge in [-0.3, -0.25) is 0 Å². The van der Waals surface area contributed by atoms with Crippen molar-refractivity contribution in [3.05, 3.63) is 0 Å². The van der Waals surface area contributed by atoms with Gasteiger partial charge in [0.1, 0.15) is 0 Å². The van der Waals surface area contributed by atoms with E-state index < -0.39 is 85.1 Å². The third-order valence-corrected chi connectivity index (χ3v) is 37.0. The maximum Gasteiger partial charge on any atom is 0.478 e. The van der Waals surface area contributed by atoms with E-state index in [0.29, 0.717) is 6.04 Å². The van der Waals surface area contributed by atoms with Crippen LogP contribution in [0.2, 0.25) is 144 Å². The van der Waals surface area contributed by atoms with Crippen LogP contribution >= 0.6 is 0 Å². The maximum atomic E-state index is 7.25. The second kappa shape index (κ2) is 14.5. The van der Waals surface area contributed by atoms with Gasteiger partial charge in [0.2, 0.25) is 0 Å². The van der Waals surface area contributed by atoms with Gasteiger partial charge in [-0.05, 0) is 118 Å². The van der Waals surface area contributed by atoms with Crippen LogP contribution < -0.4 is 0 Å². The molecule has 0 spiro atoms. The molecule has 0 saturated heterocycles. The highest BCUT2D eigenvalue weighted by Crippen LogP contribution is 2.36. The average Bonchev–Trinajstić information content (AvgIpc) is 2.48. The number of hydrogen-bond acceptors (Lipinski definition) is 9. The van der Waals surface area contributed by atoms with E-state index in [9.17, 15) is 0 Å². The first-order valence-corrected chi connectivity index (χ1v) is 44.3. The van der Waals surface area contributed by atoms with Crippen LogP contribution in [0.1, 0.15) is 6.92 Å². The van der Waals surface area contributed by atoms with E-state index in [4.69, 9.17) is 37.0 Å². The van der Waals surface area contributed by atoms with Gasteiger partial charge >= 0.3 is 35.2 Å². The fraction of sp³-hybridized carbons (Fsp3) is 1.00. The molecule has 0 aromatic carbocycles. The molecule has 0 aliphatic rings. The smallest absolute Gasteiger partial charge is 0.417 e. The zero-order valence-electron chi connectivity index (χ0n) is 31.4. The van der Waals surface area contributed by atoms with Gasteiger partial charge in [-0.2, -0.15) is 0 Å². The molecule has 42 heavy (non-hydrogen) atoms. The summed E-state index contributed by atoms with van der Waals surface area (Å²) in [5, 5.41) is 0. The molecule has 0 heterocycles. The Morgan fingerprint density at radius 2 is 0.405 bits per heavy atom. The molecule has 9 nitrogen and oxygen atoms in total. The quantitative estimate of drug-likeness (QED) is 0.120. The Bertz CT molecular complexity index is 698. The van der Waals surface area contributed by atoms with Crippen LogP contribution in [-0.2, 0) is 37.0 Å². The van der Waals surface area contributed by atoms with Crippen LogP contribution in [0.3, 0.4) is 0 Å². The van der Waals surface area contributed by atoms with Crippen molar-refractivity contribution in [3.63, 3.8) is 0 Å². The van der Waals surface area contributed by atoms with Crippen molar-refractivity contribution in [2.24, 2.45) is 0 Å².